The summed E-state index contributed by atoms with van der Waals surface area (Å²) in [7, 11) is 1.67. The van der Waals surface area contributed by atoms with Crippen LogP contribution in [0, 0.1) is 5.92 Å². The van der Waals surface area contributed by atoms with Crippen molar-refractivity contribution in [3.63, 3.8) is 0 Å². The van der Waals surface area contributed by atoms with E-state index in [1.165, 1.54) is 0 Å². The summed E-state index contributed by atoms with van der Waals surface area (Å²) in [6, 6.07) is 0. The Hall–Kier alpha value is -1.40. The highest BCUT2D eigenvalue weighted by Gasteiger charge is 2.04. The lowest BCUT2D eigenvalue weighted by Gasteiger charge is -2.07. The van der Waals surface area contributed by atoms with Crippen LogP contribution in [0.1, 0.15) is 26.0 Å². The molecule has 0 radical (unpaired) electrons. The number of ether oxygens (including phenoxy) is 1. The number of nitrogens with one attached hydrogen (secondary N) is 2. The second-order valence-electron chi connectivity index (χ2n) is 5.24. The first-order valence-corrected chi connectivity index (χ1v) is 7.08. The minimum Gasteiger partial charge on any atom is -0.383 e. The predicted molar refractivity (Wildman–Crippen MR) is 78.3 cm³/mol. The van der Waals surface area contributed by atoms with E-state index in [4.69, 9.17) is 4.74 Å². The number of nitrogens with zero attached hydrogens (tertiary/aromatic N) is 2. The van der Waals surface area contributed by atoms with Crippen LogP contribution in [0.4, 0.5) is 0 Å². The first kappa shape index (κ1) is 16.7. The van der Waals surface area contributed by atoms with Crippen LogP contribution < -0.4 is 10.6 Å². The van der Waals surface area contributed by atoms with Gasteiger partial charge >= 0.3 is 0 Å². The van der Waals surface area contributed by atoms with Crippen molar-refractivity contribution < 1.29 is 9.53 Å². The van der Waals surface area contributed by atoms with E-state index in [1.807, 2.05) is 6.20 Å². The summed E-state index contributed by atoms with van der Waals surface area (Å²) in [5, 5.41) is 6.13. The lowest BCUT2D eigenvalue weighted by Crippen LogP contribution is -2.28. The number of imidazole rings is 1. The Morgan fingerprint density at radius 3 is 2.95 bits per heavy atom. The van der Waals surface area contributed by atoms with Gasteiger partial charge in [-0.1, -0.05) is 13.8 Å². The highest BCUT2D eigenvalue weighted by molar-refractivity contribution is 5.75. The third-order valence-electron chi connectivity index (χ3n) is 2.85. The Morgan fingerprint density at radius 1 is 1.45 bits per heavy atom. The number of carbonyl (C=O) groups excluding carboxylic acids is 1. The quantitative estimate of drug-likeness (QED) is 0.622. The molecule has 6 nitrogen and oxygen atoms in total. The topological polar surface area (TPSA) is 68.2 Å². The van der Waals surface area contributed by atoms with Crippen LogP contribution in [0.5, 0.6) is 0 Å². The monoisotopic (exact) mass is 282 g/mol. The molecule has 114 valence electrons. The molecule has 20 heavy (non-hydrogen) atoms. The fourth-order valence-corrected chi connectivity index (χ4v) is 1.70. The molecule has 1 aromatic rings. The normalized spacial score (nSPS) is 11.0. The molecular formula is C14H26N4O2. The number of hydrogen-bond acceptors (Lipinski definition) is 4. The van der Waals surface area contributed by atoms with Crippen LogP contribution in [-0.4, -0.2) is 42.3 Å². The third-order valence-corrected chi connectivity index (χ3v) is 2.85. The first-order chi connectivity index (χ1) is 9.61. The predicted octanol–water partition coefficient (Wildman–Crippen LogP) is 0.781. The van der Waals surface area contributed by atoms with Crippen molar-refractivity contribution in [1.82, 2.24) is 20.2 Å². The molecule has 0 aromatic carbocycles. The zero-order valence-electron chi connectivity index (χ0n) is 12.7. The molecule has 0 aliphatic rings. The fraction of sp³-hybridized carbons (Fsp3) is 0.714. The van der Waals surface area contributed by atoms with E-state index < -0.39 is 0 Å². The summed E-state index contributed by atoms with van der Waals surface area (Å²) in [6.07, 6.45) is 4.58. The summed E-state index contributed by atoms with van der Waals surface area (Å²) in [5.74, 6) is 0.635. The lowest BCUT2D eigenvalue weighted by molar-refractivity contribution is -0.121. The average molecular weight is 282 g/mol. The first-order valence-electron chi connectivity index (χ1n) is 7.08. The molecule has 1 amide bonds. The Morgan fingerprint density at radius 2 is 2.25 bits per heavy atom. The van der Waals surface area contributed by atoms with Crippen molar-refractivity contribution in [1.29, 1.82) is 0 Å². The molecular weight excluding hydrogens is 256 g/mol. The van der Waals surface area contributed by atoms with Crippen molar-refractivity contribution in [2.75, 3.05) is 26.8 Å². The van der Waals surface area contributed by atoms with Crippen molar-refractivity contribution in [3.8, 4) is 0 Å². The number of carbonyl (C=O) groups is 1. The Kier molecular flexibility index (Phi) is 7.91. The van der Waals surface area contributed by atoms with Crippen molar-refractivity contribution in [3.05, 3.63) is 18.2 Å². The van der Waals surface area contributed by atoms with Gasteiger partial charge in [0.05, 0.1) is 18.6 Å². The molecule has 6 heteroatoms. The molecule has 1 rings (SSSR count). The second-order valence-corrected chi connectivity index (χ2v) is 5.24. The number of hydrogen-bond donors (Lipinski definition) is 2. The summed E-state index contributed by atoms with van der Waals surface area (Å²) in [6.45, 7) is 7.50. The number of amides is 1. The standard InChI is InChI=1S/C14H26N4O2/c1-12(2)4-5-16-14(19)10-18-9-13(17-11-18)8-15-6-7-20-3/h9,11-12,15H,4-8,10H2,1-3H3,(H,16,19). The molecule has 0 fully saturated rings. The van der Waals surface area contributed by atoms with Gasteiger partial charge < -0.3 is 19.9 Å². The highest BCUT2D eigenvalue weighted by atomic mass is 16.5. The van der Waals surface area contributed by atoms with Gasteiger partial charge in [0.25, 0.3) is 0 Å². The van der Waals surface area contributed by atoms with Crippen molar-refractivity contribution in [2.24, 2.45) is 5.92 Å². The minimum absolute atomic E-state index is 0.0296. The number of aromatic nitrogens is 2. The van der Waals surface area contributed by atoms with Gasteiger partial charge in [-0.25, -0.2) is 4.98 Å². The van der Waals surface area contributed by atoms with Crippen LogP contribution in [0.3, 0.4) is 0 Å². The van der Waals surface area contributed by atoms with Gasteiger partial charge in [-0.2, -0.15) is 0 Å². The van der Waals surface area contributed by atoms with Gasteiger partial charge in [0.1, 0.15) is 6.54 Å². The smallest absolute Gasteiger partial charge is 0.239 e. The van der Waals surface area contributed by atoms with Crippen molar-refractivity contribution >= 4 is 5.91 Å². The highest BCUT2D eigenvalue weighted by Crippen LogP contribution is 1.98. The van der Waals surface area contributed by atoms with Crippen LogP contribution in [0.15, 0.2) is 12.5 Å². The maximum absolute atomic E-state index is 11.7. The molecule has 0 spiro atoms. The van der Waals surface area contributed by atoms with Crippen LogP contribution >= 0.6 is 0 Å². The number of rotatable bonds is 10. The Balaban J connectivity index is 2.23. The summed E-state index contributed by atoms with van der Waals surface area (Å²) < 4.78 is 6.75. The second kappa shape index (κ2) is 9.50. The average Bonchev–Trinajstić information content (AvgIpc) is 2.82. The molecule has 0 bridgehead atoms. The van der Waals surface area contributed by atoms with Gasteiger partial charge in [0, 0.05) is 32.9 Å². The molecule has 1 aromatic heterocycles. The van der Waals surface area contributed by atoms with Crippen LogP contribution in [-0.2, 0) is 22.6 Å². The molecule has 1 heterocycles. The van der Waals surface area contributed by atoms with Gasteiger partial charge in [0.2, 0.25) is 5.91 Å². The Bertz CT molecular complexity index is 390. The van der Waals surface area contributed by atoms with E-state index in [1.54, 1.807) is 18.0 Å². The Labute approximate surface area is 120 Å². The van der Waals surface area contributed by atoms with E-state index in [0.29, 0.717) is 25.6 Å². The van der Waals surface area contributed by atoms with Gasteiger partial charge in [-0.15, -0.1) is 0 Å². The number of methoxy groups -OCH3 is 1. The van der Waals surface area contributed by atoms with Crippen molar-refractivity contribution in [2.45, 2.75) is 33.4 Å². The fourth-order valence-electron chi connectivity index (χ4n) is 1.70. The van der Waals surface area contributed by atoms with E-state index >= 15 is 0 Å². The molecule has 0 aliphatic heterocycles. The maximum atomic E-state index is 11.7. The molecule has 2 N–H and O–H groups in total. The third kappa shape index (κ3) is 7.25. The van der Waals surface area contributed by atoms with Crippen LogP contribution in [0.2, 0.25) is 0 Å². The molecule has 0 saturated carbocycles. The lowest BCUT2D eigenvalue weighted by atomic mass is 10.1. The largest absolute Gasteiger partial charge is 0.383 e. The van der Waals surface area contributed by atoms with Crippen LogP contribution in [0.25, 0.3) is 0 Å². The van der Waals surface area contributed by atoms with Gasteiger partial charge in [0.15, 0.2) is 0 Å². The molecule has 0 unspecified atom stereocenters. The van der Waals surface area contributed by atoms with E-state index in [-0.39, 0.29) is 5.91 Å². The van der Waals surface area contributed by atoms with E-state index in [2.05, 4.69) is 29.5 Å². The maximum Gasteiger partial charge on any atom is 0.239 e. The SMILES string of the molecule is COCCNCc1cn(CC(=O)NCCC(C)C)cn1. The van der Waals surface area contributed by atoms with E-state index in [0.717, 1.165) is 25.2 Å². The molecule has 0 aliphatic carbocycles. The zero-order valence-corrected chi connectivity index (χ0v) is 12.7. The molecule has 0 saturated heterocycles. The van der Waals surface area contributed by atoms with Gasteiger partial charge in [-0.05, 0) is 12.3 Å². The summed E-state index contributed by atoms with van der Waals surface area (Å²) in [5.41, 5.74) is 0.927. The summed E-state index contributed by atoms with van der Waals surface area (Å²) >= 11 is 0. The van der Waals surface area contributed by atoms with E-state index in [9.17, 15) is 4.79 Å². The molecule has 0 atom stereocenters. The minimum atomic E-state index is 0.0296. The van der Waals surface area contributed by atoms with Gasteiger partial charge in [-0.3, -0.25) is 4.79 Å². The summed E-state index contributed by atoms with van der Waals surface area (Å²) in [4.78, 5) is 16.0. The zero-order chi connectivity index (χ0) is 14.8.